The van der Waals surface area contributed by atoms with Gasteiger partial charge in [-0.1, -0.05) is 12.1 Å². The molecule has 1 saturated heterocycles. The SMILES string of the molecule is CCOC(=O)C1CNCC1c1cccc(OC(F)(F)F)c1. The van der Waals surface area contributed by atoms with Crippen LogP contribution < -0.4 is 10.1 Å². The van der Waals surface area contributed by atoms with E-state index in [-0.39, 0.29) is 24.2 Å². The Morgan fingerprint density at radius 2 is 2.14 bits per heavy atom. The summed E-state index contributed by atoms with van der Waals surface area (Å²) in [7, 11) is 0. The summed E-state index contributed by atoms with van der Waals surface area (Å²) in [6, 6.07) is 5.72. The van der Waals surface area contributed by atoms with Gasteiger partial charge in [0.05, 0.1) is 12.5 Å². The predicted octanol–water partition coefficient (Wildman–Crippen LogP) is 2.45. The number of ether oxygens (including phenoxy) is 2. The first kappa shape index (κ1) is 15.6. The smallest absolute Gasteiger partial charge is 0.466 e. The molecule has 4 nitrogen and oxygen atoms in total. The Morgan fingerprint density at radius 3 is 2.81 bits per heavy atom. The van der Waals surface area contributed by atoms with Gasteiger partial charge in [0, 0.05) is 19.0 Å². The minimum atomic E-state index is -4.73. The molecular formula is C14H16F3NO3. The Balaban J connectivity index is 2.17. The van der Waals surface area contributed by atoms with Crippen LogP contribution in [-0.2, 0) is 9.53 Å². The number of nitrogens with one attached hydrogen (secondary N) is 1. The van der Waals surface area contributed by atoms with E-state index in [1.165, 1.54) is 18.2 Å². The number of alkyl halides is 3. The van der Waals surface area contributed by atoms with Crippen molar-refractivity contribution >= 4 is 5.97 Å². The average Bonchev–Trinajstić information content (AvgIpc) is 2.86. The molecular weight excluding hydrogens is 287 g/mol. The van der Waals surface area contributed by atoms with Crippen molar-refractivity contribution in [2.45, 2.75) is 19.2 Å². The molecule has 1 aliphatic heterocycles. The number of carbonyl (C=O) groups excluding carboxylic acids is 1. The third-order valence-electron chi connectivity index (χ3n) is 3.32. The molecule has 0 saturated carbocycles. The lowest BCUT2D eigenvalue weighted by molar-refractivity contribution is -0.274. The minimum absolute atomic E-state index is 0.221. The maximum Gasteiger partial charge on any atom is 0.573 e. The quantitative estimate of drug-likeness (QED) is 0.868. The molecule has 2 unspecified atom stereocenters. The number of benzene rings is 1. The van der Waals surface area contributed by atoms with E-state index in [2.05, 4.69) is 10.1 Å². The van der Waals surface area contributed by atoms with Gasteiger partial charge in [0.2, 0.25) is 0 Å². The third-order valence-corrected chi connectivity index (χ3v) is 3.32. The van der Waals surface area contributed by atoms with E-state index >= 15 is 0 Å². The highest BCUT2D eigenvalue weighted by molar-refractivity contribution is 5.74. The molecule has 2 atom stereocenters. The standard InChI is InChI=1S/C14H16F3NO3/c1-2-20-13(19)12-8-18-7-11(12)9-4-3-5-10(6-9)21-14(15,16)17/h3-6,11-12,18H,2,7-8H2,1H3. The van der Waals surface area contributed by atoms with E-state index in [4.69, 9.17) is 4.74 Å². The molecule has 2 rings (SSSR count). The minimum Gasteiger partial charge on any atom is -0.466 e. The van der Waals surface area contributed by atoms with E-state index < -0.39 is 12.3 Å². The Kier molecular flexibility index (Phi) is 4.72. The molecule has 116 valence electrons. The van der Waals surface area contributed by atoms with Crippen molar-refractivity contribution in [3.63, 3.8) is 0 Å². The fourth-order valence-corrected chi connectivity index (χ4v) is 2.47. The largest absolute Gasteiger partial charge is 0.573 e. The molecule has 0 aromatic heterocycles. The first-order valence-electron chi connectivity index (χ1n) is 6.63. The first-order valence-corrected chi connectivity index (χ1v) is 6.63. The molecule has 21 heavy (non-hydrogen) atoms. The van der Waals surface area contributed by atoms with Crippen molar-refractivity contribution in [1.29, 1.82) is 0 Å². The van der Waals surface area contributed by atoms with Gasteiger partial charge in [0.15, 0.2) is 0 Å². The Labute approximate surface area is 120 Å². The molecule has 1 aromatic rings. The molecule has 0 amide bonds. The van der Waals surface area contributed by atoms with Crippen molar-refractivity contribution in [3.8, 4) is 5.75 Å². The van der Waals surface area contributed by atoms with E-state index in [1.54, 1.807) is 13.0 Å². The van der Waals surface area contributed by atoms with Crippen molar-refractivity contribution in [3.05, 3.63) is 29.8 Å². The van der Waals surface area contributed by atoms with Crippen molar-refractivity contribution < 1.29 is 27.4 Å². The summed E-state index contributed by atoms with van der Waals surface area (Å²) < 4.78 is 45.6. The summed E-state index contributed by atoms with van der Waals surface area (Å²) in [6.45, 7) is 2.96. The van der Waals surface area contributed by atoms with Crippen molar-refractivity contribution in [1.82, 2.24) is 5.32 Å². The van der Waals surface area contributed by atoms with Crippen LogP contribution in [0.1, 0.15) is 18.4 Å². The maximum absolute atomic E-state index is 12.2. The molecule has 1 aromatic carbocycles. The highest BCUT2D eigenvalue weighted by Crippen LogP contribution is 2.32. The summed E-state index contributed by atoms with van der Waals surface area (Å²) in [5, 5.41) is 3.06. The van der Waals surface area contributed by atoms with Gasteiger partial charge in [-0.3, -0.25) is 4.79 Å². The Bertz CT molecular complexity index is 504. The zero-order valence-electron chi connectivity index (χ0n) is 11.4. The lowest BCUT2D eigenvalue weighted by Crippen LogP contribution is -2.24. The van der Waals surface area contributed by atoms with Gasteiger partial charge in [-0.05, 0) is 24.6 Å². The van der Waals surface area contributed by atoms with Crippen LogP contribution in [0.3, 0.4) is 0 Å². The van der Waals surface area contributed by atoms with E-state index in [1.807, 2.05) is 0 Å². The number of hydrogen-bond acceptors (Lipinski definition) is 4. The number of rotatable bonds is 4. The van der Waals surface area contributed by atoms with Crippen LogP contribution in [0.25, 0.3) is 0 Å². The van der Waals surface area contributed by atoms with Crippen LogP contribution in [0, 0.1) is 5.92 Å². The van der Waals surface area contributed by atoms with E-state index in [0.717, 1.165) is 0 Å². The van der Waals surface area contributed by atoms with E-state index in [0.29, 0.717) is 18.7 Å². The molecule has 0 aliphatic carbocycles. The second-order valence-corrected chi connectivity index (χ2v) is 4.74. The summed E-state index contributed by atoms with van der Waals surface area (Å²) in [5.74, 6) is -1.24. The van der Waals surface area contributed by atoms with Crippen molar-refractivity contribution in [2.24, 2.45) is 5.92 Å². The van der Waals surface area contributed by atoms with Gasteiger partial charge < -0.3 is 14.8 Å². The second kappa shape index (κ2) is 6.34. The highest BCUT2D eigenvalue weighted by atomic mass is 19.4. The summed E-state index contributed by atoms with van der Waals surface area (Å²) in [5.41, 5.74) is 0.625. The molecule has 0 spiro atoms. The summed E-state index contributed by atoms with van der Waals surface area (Å²) in [4.78, 5) is 11.9. The second-order valence-electron chi connectivity index (χ2n) is 4.74. The zero-order chi connectivity index (χ0) is 15.5. The Hall–Kier alpha value is -1.76. The topological polar surface area (TPSA) is 47.6 Å². The molecule has 1 aliphatic rings. The van der Waals surface area contributed by atoms with Crippen LogP contribution in [0.5, 0.6) is 5.75 Å². The summed E-state index contributed by atoms with van der Waals surface area (Å²) >= 11 is 0. The summed E-state index contributed by atoms with van der Waals surface area (Å²) in [6.07, 6.45) is -4.73. The average molecular weight is 303 g/mol. The van der Waals surface area contributed by atoms with Gasteiger partial charge in [-0.2, -0.15) is 0 Å². The normalized spacial score (nSPS) is 22.1. The van der Waals surface area contributed by atoms with Gasteiger partial charge in [-0.25, -0.2) is 0 Å². The van der Waals surface area contributed by atoms with E-state index in [9.17, 15) is 18.0 Å². The lowest BCUT2D eigenvalue weighted by atomic mass is 9.89. The van der Waals surface area contributed by atoms with Gasteiger partial charge in [-0.15, -0.1) is 13.2 Å². The van der Waals surface area contributed by atoms with Crippen LogP contribution >= 0.6 is 0 Å². The zero-order valence-corrected chi connectivity index (χ0v) is 11.4. The first-order chi connectivity index (χ1) is 9.90. The lowest BCUT2D eigenvalue weighted by Gasteiger charge is -2.18. The van der Waals surface area contributed by atoms with Crippen molar-refractivity contribution in [2.75, 3.05) is 19.7 Å². The molecule has 1 heterocycles. The number of carbonyl (C=O) groups is 1. The fourth-order valence-electron chi connectivity index (χ4n) is 2.47. The van der Waals surface area contributed by atoms with Crippen LogP contribution in [0.15, 0.2) is 24.3 Å². The third kappa shape index (κ3) is 4.10. The van der Waals surface area contributed by atoms with Gasteiger partial charge in [0.25, 0.3) is 0 Å². The molecule has 1 fully saturated rings. The highest BCUT2D eigenvalue weighted by Gasteiger charge is 2.36. The van der Waals surface area contributed by atoms with Crippen LogP contribution in [0.2, 0.25) is 0 Å². The monoisotopic (exact) mass is 303 g/mol. The number of esters is 1. The van der Waals surface area contributed by atoms with Gasteiger partial charge >= 0.3 is 12.3 Å². The molecule has 7 heteroatoms. The molecule has 0 bridgehead atoms. The molecule has 0 radical (unpaired) electrons. The number of halogens is 3. The molecule has 1 N–H and O–H groups in total. The maximum atomic E-state index is 12.2. The number of hydrogen-bond donors (Lipinski definition) is 1. The fraction of sp³-hybridized carbons (Fsp3) is 0.500. The predicted molar refractivity (Wildman–Crippen MR) is 68.9 cm³/mol. The van der Waals surface area contributed by atoms with Crippen LogP contribution in [0.4, 0.5) is 13.2 Å². The van der Waals surface area contributed by atoms with Crippen LogP contribution in [-0.4, -0.2) is 32.0 Å². The van der Waals surface area contributed by atoms with Gasteiger partial charge in [0.1, 0.15) is 5.75 Å². The Morgan fingerprint density at radius 1 is 1.38 bits per heavy atom.